The second kappa shape index (κ2) is 4.10. The summed E-state index contributed by atoms with van der Waals surface area (Å²) in [5.41, 5.74) is 1.59. The van der Waals surface area contributed by atoms with Crippen LogP contribution < -0.4 is 4.74 Å². The zero-order chi connectivity index (χ0) is 11.0. The second-order valence-electron chi connectivity index (χ2n) is 4.28. The van der Waals surface area contributed by atoms with Crippen molar-refractivity contribution in [3.05, 3.63) is 28.6 Å². The molecular weight excluding hydrogens is 216 g/mol. The summed E-state index contributed by atoms with van der Waals surface area (Å²) in [5, 5.41) is 1.44. The Balaban J connectivity index is 2.21. The van der Waals surface area contributed by atoms with Crippen LogP contribution in [0.15, 0.2) is 18.2 Å². The monoisotopic (exact) mass is 232 g/mol. The van der Waals surface area contributed by atoms with Crippen molar-refractivity contribution < 1.29 is 4.74 Å². The van der Waals surface area contributed by atoms with Gasteiger partial charge >= 0.3 is 0 Å². The zero-order valence-electron chi connectivity index (χ0n) is 9.58. The highest BCUT2D eigenvalue weighted by Gasteiger charge is 2.17. The van der Waals surface area contributed by atoms with Crippen LogP contribution in [0.5, 0.6) is 5.75 Å². The number of aryl methyl sites for hydroxylation is 2. The molecule has 0 unspecified atom stereocenters. The van der Waals surface area contributed by atoms with Crippen LogP contribution in [-0.4, -0.2) is 6.61 Å². The molecule has 1 aromatic carbocycles. The van der Waals surface area contributed by atoms with Gasteiger partial charge in [0.2, 0.25) is 0 Å². The molecule has 0 saturated heterocycles. The van der Waals surface area contributed by atoms with Gasteiger partial charge in [-0.2, -0.15) is 0 Å². The Morgan fingerprint density at radius 3 is 3.00 bits per heavy atom. The number of thiophene rings is 1. The summed E-state index contributed by atoms with van der Waals surface area (Å²) in [6, 6.07) is 6.46. The van der Waals surface area contributed by atoms with Crippen molar-refractivity contribution in [2.45, 2.75) is 32.6 Å². The van der Waals surface area contributed by atoms with E-state index in [1.165, 1.54) is 35.8 Å². The van der Waals surface area contributed by atoms with Crippen molar-refractivity contribution in [3.63, 3.8) is 0 Å². The number of hydrogen-bond acceptors (Lipinski definition) is 2. The van der Waals surface area contributed by atoms with Gasteiger partial charge in [-0.25, -0.2) is 0 Å². The molecule has 1 aromatic heterocycles. The van der Waals surface area contributed by atoms with Gasteiger partial charge < -0.3 is 4.74 Å². The number of benzene rings is 1. The lowest BCUT2D eigenvalue weighted by molar-refractivity contribution is 0.345. The number of rotatable bonds is 2. The van der Waals surface area contributed by atoms with Crippen LogP contribution >= 0.6 is 11.3 Å². The summed E-state index contributed by atoms with van der Waals surface area (Å²) in [4.78, 5) is 1.59. The molecule has 0 aliphatic heterocycles. The minimum absolute atomic E-state index is 0.752. The normalized spacial score (nSPS) is 15.1. The highest BCUT2D eigenvalue weighted by Crippen LogP contribution is 2.40. The van der Waals surface area contributed by atoms with Crippen molar-refractivity contribution in [1.82, 2.24) is 0 Å². The van der Waals surface area contributed by atoms with Crippen molar-refractivity contribution in [3.8, 4) is 5.75 Å². The van der Waals surface area contributed by atoms with E-state index in [1.54, 1.807) is 10.4 Å². The van der Waals surface area contributed by atoms with E-state index in [1.807, 2.05) is 18.3 Å². The molecule has 0 fully saturated rings. The Bertz CT molecular complexity index is 513. The quantitative estimate of drug-likeness (QED) is 0.754. The Labute approximate surface area is 100 Å². The van der Waals surface area contributed by atoms with Gasteiger partial charge in [0.15, 0.2) is 0 Å². The fourth-order valence-electron chi connectivity index (χ4n) is 2.53. The van der Waals surface area contributed by atoms with E-state index in [0.717, 1.165) is 12.4 Å². The van der Waals surface area contributed by atoms with Crippen molar-refractivity contribution in [2.75, 3.05) is 6.61 Å². The molecule has 0 N–H and O–H groups in total. The Hall–Kier alpha value is -1.02. The van der Waals surface area contributed by atoms with E-state index in [9.17, 15) is 0 Å². The topological polar surface area (TPSA) is 9.23 Å². The predicted molar refractivity (Wildman–Crippen MR) is 69.6 cm³/mol. The van der Waals surface area contributed by atoms with Gasteiger partial charge in [-0.05, 0) is 49.6 Å². The molecular formula is C14H16OS. The van der Waals surface area contributed by atoms with Crippen LogP contribution in [0.2, 0.25) is 0 Å². The van der Waals surface area contributed by atoms with Gasteiger partial charge in [0.1, 0.15) is 5.75 Å². The van der Waals surface area contributed by atoms with Crippen LogP contribution in [0.4, 0.5) is 0 Å². The SMILES string of the molecule is CCOc1cccc2c3c(sc12)CCCC3. The van der Waals surface area contributed by atoms with Crippen LogP contribution in [0.3, 0.4) is 0 Å². The standard InChI is InChI=1S/C14H16OS/c1-2-15-12-8-5-7-11-10-6-3-4-9-13(10)16-14(11)12/h5,7-8H,2-4,6,9H2,1H3. The second-order valence-corrected chi connectivity index (χ2v) is 5.38. The first-order chi connectivity index (χ1) is 7.90. The van der Waals surface area contributed by atoms with E-state index in [0.29, 0.717) is 0 Å². The van der Waals surface area contributed by atoms with Crippen LogP contribution in [0, 0.1) is 0 Å². The largest absolute Gasteiger partial charge is 0.492 e. The zero-order valence-corrected chi connectivity index (χ0v) is 10.4. The summed E-state index contributed by atoms with van der Waals surface area (Å²) >= 11 is 1.94. The van der Waals surface area contributed by atoms with E-state index in [2.05, 4.69) is 18.2 Å². The van der Waals surface area contributed by atoms with Crippen LogP contribution in [0.1, 0.15) is 30.2 Å². The third-order valence-corrected chi connectivity index (χ3v) is 4.57. The summed E-state index contributed by atoms with van der Waals surface area (Å²) in [6.45, 7) is 2.80. The van der Waals surface area contributed by atoms with Gasteiger partial charge in [0.25, 0.3) is 0 Å². The molecule has 2 heteroatoms. The lowest BCUT2D eigenvalue weighted by Gasteiger charge is -2.10. The van der Waals surface area contributed by atoms with Crippen LogP contribution in [-0.2, 0) is 12.8 Å². The van der Waals surface area contributed by atoms with Gasteiger partial charge in [-0.1, -0.05) is 12.1 Å². The fourth-order valence-corrected chi connectivity index (χ4v) is 3.88. The molecule has 1 nitrogen and oxygen atoms in total. The molecule has 0 spiro atoms. The van der Waals surface area contributed by atoms with Crippen molar-refractivity contribution >= 4 is 21.4 Å². The summed E-state index contributed by atoms with van der Waals surface area (Å²) in [6.07, 6.45) is 5.21. The maximum atomic E-state index is 5.71. The summed E-state index contributed by atoms with van der Waals surface area (Å²) in [7, 11) is 0. The maximum absolute atomic E-state index is 5.71. The Morgan fingerprint density at radius 2 is 2.12 bits per heavy atom. The van der Waals surface area contributed by atoms with Gasteiger partial charge in [-0.15, -0.1) is 11.3 Å². The number of fused-ring (bicyclic) bond motifs is 3. The van der Waals surface area contributed by atoms with Gasteiger partial charge in [0, 0.05) is 4.88 Å². The number of hydrogen-bond donors (Lipinski definition) is 0. The highest BCUT2D eigenvalue weighted by atomic mass is 32.1. The first kappa shape index (κ1) is 10.2. The van der Waals surface area contributed by atoms with Crippen LogP contribution in [0.25, 0.3) is 10.1 Å². The molecule has 1 aliphatic carbocycles. The summed E-state index contributed by atoms with van der Waals surface area (Å²) in [5.74, 6) is 1.07. The van der Waals surface area contributed by atoms with Crippen molar-refractivity contribution in [2.24, 2.45) is 0 Å². The molecule has 0 radical (unpaired) electrons. The molecule has 1 aliphatic rings. The fraction of sp³-hybridized carbons (Fsp3) is 0.429. The highest BCUT2D eigenvalue weighted by molar-refractivity contribution is 7.19. The third-order valence-electron chi connectivity index (χ3n) is 3.25. The average molecular weight is 232 g/mol. The van der Waals surface area contributed by atoms with Gasteiger partial charge in [-0.3, -0.25) is 0 Å². The number of ether oxygens (including phenoxy) is 1. The first-order valence-electron chi connectivity index (χ1n) is 6.06. The average Bonchev–Trinajstić information content (AvgIpc) is 2.69. The molecule has 0 atom stereocenters. The smallest absolute Gasteiger partial charge is 0.137 e. The van der Waals surface area contributed by atoms with E-state index in [-0.39, 0.29) is 0 Å². The molecule has 3 rings (SSSR count). The molecule has 0 bridgehead atoms. The van der Waals surface area contributed by atoms with E-state index in [4.69, 9.17) is 4.74 Å². The molecule has 1 heterocycles. The Kier molecular flexibility index (Phi) is 2.60. The van der Waals surface area contributed by atoms with E-state index < -0.39 is 0 Å². The molecule has 16 heavy (non-hydrogen) atoms. The maximum Gasteiger partial charge on any atom is 0.137 e. The third kappa shape index (κ3) is 1.52. The first-order valence-corrected chi connectivity index (χ1v) is 6.88. The van der Waals surface area contributed by atoms with E-state index >= 15 is 0 Å². The molecule has 0 saturated carbocycles. The lowest BCUT2D eigenvalue weighted by Crippen LogP contribution is -1.97. The molecule has 84 valence electrons. The lowest BCUT2D eigenvalue weighted by atomic mass is 9.96. The minimum Gasteiger partial charge on any atom is -0.492 e. The predicted octanol–water partition coefficient (Wildman–Crippen LogP) is 4.18. The van der Waals surface area contributed by atoms with Crippen molar-refractivity contribution in [1.29, 1.82) is 0 Å². The Morgan fingerprint density at radius 1 is 1.25 bits per heavy atom. The summed E-state index contributed by atoms with van der Waals surface area (Å²) < 4.78 is 7.06. The molecule has 2 aromatic rings. The van der Waals surface area contributed by atoms with Gasteiger partial charge in [0.05, 0.1) is 11.3 Å². The molecule has 0 amide bonds. The minimum atomic E-state index is 0.752.